The van der Waals surface area contributed by atoms with Crippen LogP contribution in [0.1, 0.15) is 29.8 Å². The maximum absolute atomic E-state index is 12.5. The lowest BCUT2D eigenvalue weighted by Gasteiger charge is -2.24. The van der Waals surface area contributed by atoms with Gasteiger partial charge in [-0.1, -0.05) is 6.07 Å². The Morgan fingerprint density at radius 2 is 2.04 bits per heavy atom. The van der Waals surface area contributed by atoms with Gasteiger partial charge in [-0.15, -0.1) is 12.4 Å². The van der Waals surface area contributed by atoms with Crippen LogP contribution < -0.4 is 15.4 Å². The van der Waals surface area contributed by atoms with Crippen LogP contribution in [0.5, 0.6) is 5.75 Å². The van der Waals surface area contributed by atoms with E-state index in [9.17, 15) is 9.59 Å². The first-order valence-corrected chi connectivity index (χ1v) is 9.29. The molecule has 4 rings (SSSR count). The summed E-state index contributed by atoms with van der Waals surface area (Å²) in [6.07, 6.45) is 4.78. The van der Waals surface area contributed by atoms with Gasteiger partial charge in [-0.3, -0.25) is 9.59 Å². The first-order chi connectivity index (χ1) is 13.2. The zero-order valence-electron chi connectivity index (χ0n) is 15.4. The van der Waals surface area contributed by atoms with Gasteiger partial charge < -0.3 is 24.7 Å². The van der Waals surface area contributed by atoms with Crippen LogP contribution >= 0.6 is 12.4 Å². The Morgan fingerprint density at radius 3 is 2.86 bits per heavy atom. The highest BCUT2D eigenvalue weighted by Gasteiger charge is 2.31. The Bertz CT molecular complexity index is 812. The summed E-state index contributed by atoms with van der Waals surface area (Å²) in [5.74, 6) is 0.436. The van der Waals surface area contributed by atoms with Gasteiger partial charge in [-0.25, -0.2) is 0 Å². The second-order valence-electron chi connectivity index (χ2n) is 7.01. The van der Waals surface area contributed by atoms with Gasteiger partial charge in [0.05, 0.1) is 6.26 Å². The first kappa shape index (κ1) is 20.2. The van der Waals surface area contributed by atoms with Crippen LogP contribution in [-0.2, 0) is 4.79 Å². The molecule has 2 amide bonds. The number of benzene rings is 1. The Balaban J connectivity index is 0.00000225. The lowest BCUT2D eigenvalue weighted by molar-refractivity contribution is -0.133. The fraction of sp³-hybridized carbons (Fsp3) is 0.400. The van der Waals surface area contributed by atoms with Crippen molar-refractivity contribution in [3.63, 3.8) is 0 Å². The van der Waals surface area contributed by atoms with Crippen molar-refractivity contribution in [2.75, 3.05) is 25.0 Å². The second-order valence-corrected chi connectivity index (χ2v) is 7.01. The molecular formula is C20H24ClN3O4. The number of ether oxygens (including phenoxy) is 1. The average molecular weight is 406 g/mol. The van der Waals surface area contributed by atoms with Crippen LogP contribution in [0.25, 0.3) is 0 Å². The molecule has 2 aliphatic rings. The summed E-state index contributed by atoms with van der Waals surface area (Å²) in [7, 11) is 0. The number of likely N-dealkylation sites (tertiary alicyclic amines) is 1. The van der Waals surface area contributed by atoms with Crippen molar-refractivity contribution in [3.8, 4) is 5.75 Å². The molecule has 0 saturated carbocycles. The lowest BCUT2D eigenvalue weighted by atomic mass is 10.1. The standard InChI is InChI=1S/C20H23N3O4.ClH/c24-19(23-9-8-14-6-7-16(12-23)21-14)13-27-17-4-1-3-15(11-17)22-20(25)18-5-2-10-26-18;/h1-5,10-11,14,16,21H,6-9,12-13H2,(H,22,25);1H. The van der Waals surface area contributed by atoms with E-state index >= 15 is 0 Å². The van der Waals surface area contributed by atoms with Crippen LogP contribution in [0.4, 0.5) is 5.69 Å². The highest BCUT2D eigenvalue weighted by molar-refractivity contribution is 6.02. The van der Waals surface area contributed by atoms with Gasteiger partial charge in [-0.05, 0) is 43.5 Å². The highest BCUT2D eigenvalue weighted by atomic mass is 35.5. The third kappa shape index (κ3) is 4.85. The molecule has 28 heavy (non-hydrogen) atoms. The van der Waals surface area contributed by atoms with Gasteiger partial charge in [0.25, 0.3) is 11.8 Å². The molecular weight excluding hydrogens is 382 g/mol. The molecule has 150 valence electrons. The van der Waals surface area contributed by atoms with Gasteiger partial charge >= 0.3 is 0 Å². The van der Waals surface area contributed by atoms with E-state index in [1.165, 1.54) is 12.7 Å². The van der Waals surface area contributed by atoms with Crippen LogP contribution in [-0.4, -0.2) is 48.5 Å². The van der Waals surface area contributed by atoms with E-state index in [2.05, 4.69) is 10.6 Å². The van der Waals surface area contributed by atoms with Crippen molar-refractivity contribution in [3.05, 3.63) is 48.4 Å². The summed E-state index contributed by atoms with van der Waals surface area (Å²) in [6, 6.07) is 11.2. The highest BCUT2D eigenvalue weighted by Crippen LogP contribution is 2.21. The summed E-state index contributed by atoms with van der Waals surface area (Å²) in [4.78, 5) is 26.4. The molecule has 0 radical (unpaired) electrons. The number of halogens is 1. The van der Waals surface area contributed by atoms with Crippen molar-refractivity contribution in [1.82, 2.24) is 10.2 Å². The Labute approximate surface area is 169 Å². The maximum atomic E-state index is 12.5. The number of hydrogen-bond acceptors (Lipinski definition) is 5. The minimum Gasteiger partial charge on any atom is -0.484 e. The number of rotatable bonds is 5. The number of furan rings is 1. The maximum Gasteiger partial charge on any atom is 0.291 e. The minimum absolute atomic E-state index is 0. The van der Waals surface area contributed by atoms with Gasteiger partial charge in [0.15, 0.2) is 12.4 Å². The van der Waals surface area contributed by atoms with Crippen molar-refractivity contribution >= 4 is 29.9 Å². The molecule has 2 atom stereocenters. The van der Waals surface area contributed by atoms with Crippen molar-refractivity contribution in [2.45, 2.75) is 31.3 Å². The van der Waals surface area contributed by atoms with Crippen LogP contribution in [0.3, 0.4) is 0 Å². The normalized spacial score (nSPS) is 20.8. The average Bonchev–Trinajstić information content (AvgIpc) is 3.30. The molecule has 3 heterocycles. The predicted octanol–water partition coefficient (Wildman–Crippen LogP) is 2.69. The Hall–Kier alpha value is -2.51. The molecule has 2 aromatic rings. The number of amides is 2. The summed E-state index contributed by atoms with van der Waals surface area (Å²) < 4.78 is 10.7. The third-order valence-electron chi connectivity index (χ3n) is 5.08. The molecule has 7 nitrogen and oxygen atoms in total. The quantitative estimate of drug-likeness (QED) is 0.799. The molecule has 8 heteroatoms. The molecule has 0 spiro atoms. The Kier molecular flexibility index (Phi) is 6.59. The Morgan fingerprint density at radius 1 is 1.18 bits per heavy atom. The van der Waals surface area contributed by atoms with Crippen molar-refractivity contribution < 1.29 is 18.7 Å². The largest absolute Gasteiger partial charge is 0.484 e. The molecule has 1 aromatic heterocycles. The molecule has 2 N–H and O–H groups in total. The number of fused-ring (bicyclic) bond motifs is 2. The van der Waals surface area contributed by atoms with Crippen molar-refractivity contribution in [2.24, 2.45) is 0 Å². The molecule has 2 fully saturated rings. The second kappa shape index (κ2) is 9.12. The van der Waals surface area contributed by atoms with E-state index in [4.69, 9.17) is 9.15 Å². The lowest BCUT2D eigenvalue weighted by Crippen LogP contribution is -2.41. The number of hydrogen-bond donors (Lipinski definition) is 2. The number of carbonyl (C=O) groups is 2. The summed E-state index contributed by atoms with van der Waals surface area (Å²) in [5.41, 5.74) is 0.581. The summed E-state index contributed by atoms with van der Waals surface area (Å²) in [6.45, 7) is 1.51. The fourth-order valence-corrected chi connectivity index (χ4v) is 3.67. The minimum atomic E-state index is -0.333. The SMILES string of the molecule is Cl.O=C(Nc1cccc(OCC(=O)N2CCC3CCC(C2)N3)c1)c1ccco1. The zero-order valence-corrected chi connectivity index (χ0v) is 16.2. The van der Waals surface area contributed by atoms with Crippen molar-refractivity contribution in [1.29, 1.82) is 0 Å². The third-order valence-corrected chi connectivity index (χ3v) is 5.08. The zero-order chi connectivity index (χ0) is 18.6. The fourth-order valence-electron chi connectivity index (χ4n) is 3.67. The van der Waals surface area contributed by atoms with E-state index < -0.39 is 0 Å². The van der Waals surface area contributed by atoms with E-state index in [0.717, 1.165) is 25.9 Å². The topological polar surface area (TPSA) is 83.8 Å². The van der Waals surface area contributed by atoms with Crippen LogP contribution in [0.2, 0.25) is 0 Å². The summed E-state index contributed by atoms with van der Waals surface area (Å²) >= 11 is 0. The van der Waals surface area contributed by atoms with Gasteiger partial charge in [0.2, 0.25) is 0 Å². The van der Waals surface area contributed by atoms with Crippen LogP contribution in [0, 0.1) is 0 Å². The van der Waals surface area contributed by atoms with E-state index in [0.29, 0.717) is 23.5 Å². The van der Waals surface area contributed by atoms with E-state index in [1.807, 2.05) is 4.90 Å². The molecule has 2 aliphatic heterocycles. The summed E-state index contributed by atoms with van der Waals surface area (Å²) in [5, 5.41) is 6.31. The van der Waals surface area contributed by atoms with E-state index in [1.54, 1.807) is 36.4 Å². The molecule has 0 aliphatic carbocycles. The number of nitrogens with zero attached hydrogens (tertiary/aromatic N) is 1. The van der Waals surface area contributed by atoms with Gasteiger partial charge in [0, 0.05) is 36.9 Å². The molecule has 2 unspecified atom stereocenters. The smallest absolute Gasteiger partial charge is 0.291 e. The van der Waals surface area contributed by atoms with Gasteiger partial charge in [-0.2, -0.15) is 0 Å². The number of nitrogens with one attached hydrogen (secondary N) is 2. The van der Waals surface area contributed by atoms with Crippen LogP contribution in [0.15, 0.2) is 47.1 Å². The number of anilines is 1. The van der Waals surface area contributed by atoms with Gasteiger partial charge in [0.1, 0.15) is 5.75 Å². The molecule has 2 bridgehead atoms. The first-order valence-electron chi connectivity index (χ1n) is 9.29. The number of carbonyl (C=O) groups excluding carboxylic acids is 2. The predicted molar refractivity (Wildman–Crippen MR) is 107 cm³/mol. The molecule has 1 aromatic carbocycles. The van der Waals surface area contributed by atoms with E-state index in [-0.39, 0.29) is 36.6 Å². The monoisotopic (exact) mass is 405 g/mol. The molecule has 2 saturated heterocycles.